The second kappa shape index (κ2) is 9.85. The van der Waals surface area contributed by atoms with Crippen LogP contribution in [0.1, 0.15) is 55.0 Å². The molecule has 2 aromatic carbocycles. The van der Waals surface area contributed by atoms with E-state index in [2.05, 4.69) is 4.98 Å². The van der Waals surface area contributed by atoms with Gasteiger partial charge in [-0.15, -0.1) is 11.3 Å². The summed E-state index contributed by atoms with van der Waals surface area (Å²) in [6, 6.07) is 17.1. The monoisotopic (exact) mass is 479 g/mol. The molecule has 2 heterocycles. The molecular formula is C26H29N3O4S. The lowest BCUT2D eigenvalue weighted by Gasteiger charge is -2.32. The topological polar surface area (TPSA) is 94.8 Å². The molecule has 3 aromatic rings. The van der Waals surface area contributed by atoms with Crippen LogP contribution in [0.25, 0.3) is 10.4 Å². The number of nitrogens with zero attached hydrogens (tertiary/aromatic N) is 2. The highest BCUT2D eigenvalue weighted by Gasteiger charge is 2.30. The first kappa shape index (κ1) is 23.8. The van der Waals surface area contributed by atoms with E-state index in [1.165, 1.54) is 11.3 Å². The van der Waals surface area contributed by atoms with E-state index in [-0.39, 0.29) is 17.7 Å². The molecule has 0 saturated carbocycles. The third-order valence-corrected chi connectivity index (χ3v) is 6.74. The van der Waals surface area contributed by atoms with Crippen molar-refractivity contribution in [3.63, 3.8) is 0 Å². The zero-order chi connectivity index (χ0) is 24.3. The van der Waals surface area contributed by atoms with E-state index in [9.17, 15) is 9.59 Å². The molecule has 1 aliphatic heterocycles. The van der Waals surface area contributed by atoms with Crippen molar-refractivity contribution in [3.8, 4) is 21.9 Å². The number of rotatable bonds is 5. The van der Waals surface area contributed by atoms with Gasteiger partial charge in [0.1, 0.15) is 22.8 Å². The smallest absolute Gasteiger partial charge is 0.410 e. The highest BCUT2D eigenvalue weighted by Crippen LogP contribution is 2.38. The Morgan fingerprint density at radius 3 is 2.21 bits per heavy atom. The van der Waals surface area contributed by atoms with Crippen LogP contribution in [0.5, 0.6) is 11.5 Å². The molecule has 34 heavy (non-hydrogen) atoms. The average Bonchev–Trinajstić information content (AvgIpc) is 3.25. The molecule has 1 fully saturated rings. The van der Waals surface area contributed by atoms with Crippen molar-refractivity contribution >= 4 is 23.3 Å². The standard InChI is InChI=1S/C26H29N3O4S/c1-26(2,3)33-25(31)29-15-13-18(14-16-29)24-28-21(23(27)30)22(34-24)17-9-11-20(12-10-17)32-19-7-5-4-6-8-19/h4-12,18H,13-16H2,1-3H3,(H2,27,30). The molecule has 8 heteroatoms. The number of carbonyl (C=O) groups excluding carboxylic acids is 2. The van der Waals surface area contributed by atoms with Gasteiger partial charge in [0.25, 0.3) is 5.91 Å². The summed E-state index contributed by atoms with van der Waals surface area (Å²) in [5.74, 6) is 1.07. The molecule has 0 atom stereocenters. The summed E-state index contributed by atoms with van der Waals surface area (Å²) in [4.78, 5) is 31.6. The van der Waals surface area contributed by atoms with Crippen LogP contribution in [0.3, 0.4) is 0 Å². The summed E-state index contributed by atoms with van der Waals surface area (Å²) in [7, 11) is 0. The molecule has 0 bridgehead atoms. The summed E-state index contributed by atoms with van der Waals surface area (Å²) in [5.41, 5.74) is 6.29. The number of benzene rings is 2. The summed E-state index contributed by atoms with van der Waals surface area (Å²) >= 11 is 1.49. The van der Waals surface area contributed by atoms with E-state index in [4.69, 9.17) is 15.2 Å². The molecule has 0 unspecified atom stereocenters. The van der Waals surface area contributed by atoms with Crippen LogP contribution >= 0.6 is 11.3 Å². The van der Waals surface area contributed by atoms with Gasteiger partial charge in [-0.3, -0.25) is 4.79 Å². The Kier molecular flexibility index (Phi) is 6.88. The molecule has 2 N–H and O–H groups in total. The maximum atomic E-state index is 12.4. The minimum absolute atomic E-state index is 0.163. The van der Waals surface area contributed by atoms with Gasteiger partial charge in [0.2, 0.25) is 0 Å². The Hall–Kier alpha value is -3.39. The number of ether oxygens (including phenoxy) is 2. The first-order valence-corrected chi connectivity index (χ1v) is 12.1. The van der Waals surface area contributed by atoms with Crippen LogP contribution < -0.4 is 10.5 Å². The van der Waals surface area contributed by atoms with Crippen LogP contribution in [-0.2, 0) is 4.74 Å². The lowest BCUT2D eigenvalue weighted by molar-refractivity contribution is 0.0204. The second-order valence-electron chi connectivity index (χ2n) is 9.28. The van der Waals surface area contributed by atoms with Gasteiger partial charge in [-0.05, 0) is 75.6 Å². The quantitative estimate of drug-likeness (QED) is 0.498. The minimum Gasteiger partial charge on any atom is -0.457 e. The summed E-state index contributed by atoms with van der Waals surface area (Å²) < 4.78 is 11.3. The maximum absolute atomic E-state index is 12.4. The van der Waals surface area contributed by atoms with Gasteiger partial charge in [-0.2, -0.15) is 0 Å². The van der Waals surface area contributed by atoms with Gasteiger partial charge < -0.3 is 20.1 Å². The molecule has 2 amide bonds. The normalized spacial score (nSPS) is 14.6. The number of hydrogen-bond donors (Lipinski definition) is 1. The van der Waals surface area contributed by atoms with Gasteiger partial charge in [0.15, 0.2) is 0 Å². The zero-order valence-electron chi connectivity index (χ0n) is 19.6. The number of thiazole rings is 1. The number of likely N-dealkylation sites (tertiary alicyclic amines) is 1. The third kappa shape index (κ3) is 5.75. The Bertz CT molecular complexity index is 1150. The Morgan fingerprint density at radius 2 is 1.62 bits per heavy atom. The summed E-state index contributed by atoms with van der Waals surface area (Å²) in [6.07, 6.45) is 1.23. The van der Waals surface area contributed by atoms with E-state index < -0.39 is 11.5 Å². The Labute approximate surface area is 203 Å². The number of nitrogens with two attached hydrogens (primary N) is 1. The van der Waals surface area contributed by atoms with E-state index in [0.29, 0.717) is 18.8 Å². The van der Waals surface area contributed by atoms with Crippen molar-refractivity contribution in [2.75, 3.05) is 13.1 Å². The minimum atomic E-state index is -0.548. The molecule has 0 radical (unpaired) electrons. The molecule has 1 aromatic heterocycles. The molecule has 1 aliphatic rings. The average molecular weight is 480 g/mol. The van der Waals surface area contributed by atoms with Gasteiger partial charge in [0.05, 0.1) is 9.88 Å². The van der Waals surface area contributed by atoms with Gasteiger partial charge in [-0.25, -0.2) is 9.78 Å². The number of primary amides is 1. The lowest BCUT2D eigenvalue weighted by Crippen LogP contribution is -2.41. The summed E-state index contributed by atoms with van der Waals surface area (Å²) in [5, 5.41) is 0.872. The largest absolute Gasteiger partial charge is 0.457 e. The predicted molar refractivity (Wildman–Crippen MR) is 132 cm³/mol. The van der Waals surface area contributed by atoms with Crippen molar-refractivity contribution in [1.29, 1.82) is 0 Å². The molecule has 178 valence electrons. The van der Waals surface area contributed by atoms with Crippen LogP contribution in [0.15, 0.2) is 54.6 Å². The number of aromatic nitrogens is 1. The van der Waals surface area contributed by atoms with E-state index in [0.717, 1.165) is 34.0 Å². The highest BCUT2D eigenvalue weighted by molar-refractivity contribution is 7.15. The van der Waals surface area contributed by atoms with Gasteiger partial charge >= 0.3 is 6.09 Å². The number of hydrogen-bond acceptors (Lipinski definition) is 6. The van der Waals surface area contributed by atoms with Crippen molar-refractivity contribution in [1.82, 2.24) is 9.88 Å². The van der Waals surface area contributed by atoms with E-state index >= 15 is 0 Å². The fourth-order valence-corrected chi connectivity index (χ4v) is 5.05. The summed E-state index contributed by atoms with van der Waals surface area (Å²) in [6.45, 7) is 6.76. The van der Waals surface area contributed by atoms with E-state index in [1.54, 1.807) is 4.90 Å². The SMILES string of the molecule is CC(C)(C)OC(=O)N1CCC(c2nc(C(N)=O)c(-c3ccc(Oc4ccccc4)cc3)s2)CC1. The predicted octanol–water partition coefficient (Wildman–Crippen LogP) is 5.82. The Balaban J connectivity index is 1.47. The third-order valence-electron chi connectivity index (χ3n) is 5.47. The number of para-hydroxylation sites is 1. The number of amides is 2. The van der Waals surface area contributed by atoms with Gasteiger partial charge in [-0.1, -0.05) is 18.2 Å². The molecule has 0 aliphatic carbocycles. The fraction of sp³-hybridized carbons (Fsp3) is 0.346. The van der Waals surface area contributed by atoms with Crippen LogP contribution in [-0.4, -0.2) is 40.6 Å². The second-order valence-corrected chi connectivity index (χ2v) is 10.3. The molecule has 1 saturated heterocycles. The van der Waals surface area contributed by atoms with Gasteiger partial charge in [0, 0.05) is 19.0 Å². The number of carbonyl (C=O) groups is 2. The zero-order valence-corrected chi connectivity index (χ0v) is 20.4. The molecule has 0 spiro atoms. The maximum Gasteiger partial charge on any atom is 0.410 e. The molecule has 4 rings (SSSR count). The van der Waals surface area contributed by atoms with Crippen molar-refractivity contribution < 1.29 is 19.1 Å². The first-order valence-electron chi connectivity index (χ1n) is 11.3. The van der Waals surface area contributed by atoms with E-state index in [1.807, 2.05) is 75.4 Å². The molecule has 7 nitrogen and oxygen atoms in total. The highest BCUT2D eigenvalue weighted by atomic mass is 32.1. The van der Waals surface area contributed by atoms with Crippen molar-refractivity contribution in [3.05, 3.63) is 65.3 Å². The lowest BCUT2D eigenvalue weighted by atomic mass is 9.98. The van der Waals surface area contributed by atoms with Crippen LogP contribution in [0.2, 0.25) is 0 Å². The number of piperidine rings is 1. The Morgan fingerprint density at radius 1 is 1.00 bits per heavy atom. The van der Waals surface area contributed by atoms with Crippen LogP contribution in [0.4, 0.5) is 4.79 Å². The first-order chi connectivity index (χ1) is 16.2. The van der Waals surface area contributed by atoms with Crippen molar-refractivity contribution in [2.24, 2.45) is 5.73 Å². The van der Waals surface area contributed by atoms with Crippen molar-refractivity contribution in [2.45, 2.75) is 45.1 Å². The fourth-order valence-electron chi connectivity index (χ4n) is 3.81. The molecular weight excluding hydrogens is 450 g/mol. The van der Waals surface area contributed by atoms with Crippen LogP contribution in [0, 0.1) is 0 Å².